The molecular formula is C24H28N6. The second kappa shape index (κ2) is 9.05. The van der Waals surface area contributed by atoms with E-state index in [1.165, 1.54) is 11.1 Å². The molecule has 0 saturated carbocycles. The van der Waals surface area contributed by atoms with Crippen molar-refractivity contribution in [3.05, 3.63) is 89.2 Å². The number of benzene rings is 2. The van der Waals surface area contributed by atoms with Gasteiger partial charge in [-0.2, -0.15) is 4.99 Å². The van der Waals surface area contributed by atoms with Gasteiger partial charge < -0.3 is 10.6 Å². The fourth-order valence-corrected chi connectivity index (χ4v) is 4.02. The van der Waals surface area contributed by atoms with Crippen LogP contribution in [0.5, 0.6) is 0 Å². The molecule has 2 aromatic carbocycles. The minimum absolute atomic E-state index is 0.232. The zero-order chi connectivity index (χ0) is 20.9. The highest BCUT2D eigenvalue weighted by Crippen LogP contribution is 2.29. The van der Waals surface area contributed by atoms with Crippen LogP contribution in [0.3, 0.4) is 0 Å². The fraction of sp³-hybridized carbons (Fsp3) is 0.292. The van der Waals surface area contributed by atoms with Gasteiger partial charge in [-0.05, 0) is 31.0 Å². The molecule has 0 unspecified atom stereocenters. The average Bonchev–Trinajstić information content (AvgIpc) is 2.75. The highest BCUT2D eigenvalue weighted by molar-refractivity contribution is 5.80. The second-order valence-corrected chi connectivity index (χ2v) is 7.67. The molecule has 1 aliphatic heterocycles. The topological polar surface area (TPSA) is 70.6 Å². The summed E-state index contributed by atoms with van der Waals surface area (Å²) >= 11 is 0. The van der Waals surface area contributed by atoms with Crippen molar-refractivity contribution < 1.29 is 0 Å². The molecule has 2 heterocycles. The van der Waals surface area contributed by atoms with E-state index in [1.807, 2.05) is 19.9 Å². The highest BCUT2D eigenvalue weighted by atomic mass is 15.3. The van der Waals surface area contributed by atoms with E-state index < -0.39 is 0 Å². The summed E-state index contributed by atoms with van der Waals surface area (Å²) in [7, 11) is 0. The maximum absolute atomic E-state index is 6.30. The van der Waals surface area contributed by atoms with Crippen LogP contribution in [0, 0.1) is 13.8 Å². The van der Waals surface area contributed by atoms with Crippen molar-refractivity contribution in [2.75, 3.05) is 26.2 Å². The first kappa shape index (κ1) is 20.0. The summed E-state index contributed by atoms with van der Waals surface area (Å²) in [6.45, 7) is 7.31. The SMILES string of the molecule is Cc1cc(C)nc(/N=C(\N)N2CCN(C(c3ccccc3)c3ccccc3)CC2)n1. The van der Waals surface area contributed by atoms with Crippen molar-refractivity contribution in [1.29, 1.82) is 0 Å². The number of aromatic nitrogens is 2. The molecule has 3 aromatic rings. The van der Waals surface area contributed by atoms with Gasteiger partial charge in [-0.3, -0.25) is 4.90 Å². The Morgan fingerprint density at radius 2 is 1.33 bits per heavy atom. The standard InChI is InChI=1S/C24H28N6/c1-18-17-19(2)27-24(26-18)28-23(25)30-15-13-29(14-16-30)22(20-9-5-3-6-10-20)21-11-7-4-8-12-21/h3-12,17,22H,13-16H2,1-2H3,(H2,25,26,27,28). The van der Waals surface area contributed by atoms with Crippen LogP contribution >= 0.6 is 0 Å². The number of hydrogen-bond acceptors (Lipinski definition) is 4. The van der Waals surface area contributed by atoms with E-state index in [0.29, 0.717) is 11.9 Å². The lowest BCUT2D eigenvalue weighted by atomic mass is 9.96. The summed E-state index contributed by atoms with van der Waals surface area (Å²) in [5.74, 6) is 0.912. The molecule has 154 valence electrons. The Hall–Kier alpha value is -3.25. The van der Waals surface area contributed by atoms with E-state index in [2.05, 4.69) is 85.4 Å². The molecule has 0 atom stereocenters. The predicted molar refractivity (Wildman–Crippen MR) is 121 cm³/mol. The van der Waals surface area contributed by atoms with Gasteiger partial charge in [0.05, 0.1) is 6.04 Å². The molecule has 6 nitrogen and oxygen atoms in total. The lowest BCUT2D eigenvalue weighted by Crippen LogP contribution is -2.52. The molecule has 0 bridgehead atoms. The first-order valence-electron chi connectivity index (χ1n) is 10.4. The van der Waals surface area contributed by atoms with Crippen molar-refractivity contribution in [2.45, 2.75) is 19.9 Å². The van der Waals surface area contributed by atoms with Crippen LogP contribution < -0.4 is 5.73 Å². The fourth-order valence-electron chi connectivity index (χ4n) is 4.02. The smallest absolute Gasteiger partial charge is 0.253 e. The summed E-state index contributed by atoms with van der Waals surface area (Å²) in [4.78, 5) is 17.9. The summed E-state index contributed by atoms with van der Waals surface area (Å²) in [6, 6.07) is 23.5. The Morgan fingerprint density at radius 3 is 1.83 bits per heavy atom. The number of guanidine groups is 1. The number of nitrogens with two attached hydrogens (primary N) is 1. The van der Waals surface area contributed by atoms with Crippen LogP contribution in [0.1, 0.15) is 28.6 Å². The number of hydrogen-bond donors (Lipinski definition) is 1. The third kappa shape index (κ3) is 4.66. The summed E-state index contributed by atoms with van der Waals surface area (Å²) in [5.41, 5.74) is 10.7. The zero-order valence-electron chi connectivity index (χ0n) is 17.6. The Morgan fingerprint density at radius 1 is 0.833 bits per heavy atom. The van der Waals surface area contributed by atoms with Crippen LogP contribution in [0.25, 0.3) is 0 Å². The van der Waals surface area contributed by atoms with Crippen molar-refractivity contribution in [3.8, 4) is 0 Å². The molecule has 2 N–H and O–H groups in total. The van der Waals surface area contributed by atoms with E-state index in [9.17, 15) is 0 Å². The van der Waals surface area contributed by atoms with Gasteiger partial charge in [0.2, 0.25) is 0 Å². The number of aliphatic imine (C=N–C) groups is 1. The molecule has 0 aliphatic carbocycles. The quantitative estimate of drug-likeness (QED) is 0.537. The Kier molecular flexibility index (Phi) is 6.05. The van der Waals surface area contributed by atoms with Gasteiger partial charge in [-0.25, -0.2) is 9.97 Å². The normalized spacial score (nSPS) is 15.6. The van der Waals surface area contributed by atoms with Crippen LogP contribution in [-0.2, 0) is 0 Å². The van der Waals surface area contributed by atoms with Crippen molar-refractivity contribution in [1.82, 2.24) is 19.8 Å². The molecule has 6 heteroatoms. The number of rotatable bonds is 4. The average molecular weight is 401 g/mol. The van der Waals surface area contributed by atoms with E-state index in [0.717, 1.165) is 37.6 Å². The van der Waals surface area contributed by atoms with Crippen molar-refractivity contribution >= 4 is 11.9 Å². The molecular weight excluding hydrogens is 372 g/mol. The van der Waals surface area contributed by atoms with Gasteiger partial charge in [0.1, 0.15) is 0 Å². The van der Waals surface area contributed by atoms with E-state index in [-0.39, 0.29) is 6.04 Å². The van der Waals surface area contributed by atoms with Crippen molar-refractivity contribution in [3.63, 3.8) is 0 Å². The van der Waals surface area contributed by atoms with Crippen LogP contribution in [0.15, 0.2) is 71.7 Å². The molecule has 1 fully saturated rings. The van der Waals surface area contributed by atoms with E-state index >= 15 is 0 Å². The third-order valence-corrected chi connectivity index (χ3v) is 5.42. The largest absolute Gasteiger partial charge is 0.369 e. The minimum atomic E-state index is 0.232. The van der Waals surface area contributed by atoms with Gasteiger partial charge in [-0.15, -0.1) is 0 Å². The third-order valence-electron chi connectivity index (χ3n) is 5.42. The van der Waals surface area contributed by atoms with Crippen LogP contribution in [0.2, 0.25) is 0 Å². The maximum atomic E-state index is 6.30. The molecule has 1 aromatic heterocycles. The lowest BCUT2D eigenvalue weighted by Gasteiger charge is -2.40. The summed E-state index contributed by atoms with van der Waals surface area (Å²) in [5, 5.41) is 0. The zero-order valence-corrected chi connectivity index (χ0v) is 17.6. The molecule has 1 saturated heterocycles. The number of aryl methyl sites for hydroxylation is 2. The van der Waals surface area contributed by atoms with Crippen molar-refractivity contribution in [2.24, 2.45) is 10.7 Å². The Labute approximate surface area is 178 Å². The monoisotopic (exact) mass is 400 g/mol. The van der Waals surface area contributed by atoms with E-state index in [4.69, 9.17) is 5.73 Å². The van der Waals surface area contributed by atoms with E-state index in [1.54, 1.807) is 0 Å². The first-order valence-corrected chi connectivity index (χ1v) is 10.4. The van der Waals surface area contributed by atoms with Gasteiger partial charge in [0, 0.05) is 37.6 Å². The maximum Gasteiger partial charge on any atom is 0.253 e. The molecule has 0 amide bonds. The van der Waals surface area contributed by atoms with Gasteiger partial charge >= 0.3 is 0 Å². The minimum Gasteiger partial charge on any atom is -0.369 e. The Bertz CT molecular complexity index is 935. The molecule has 0 radical (unpaired) electrons. The number of piperazine rings is 1. The van der Waals surface area contributed by atoms with Crippen LogP contribution in [0.4, 0.5) is 5.95 Å². The second-order valence-electron chi connectivity index (χ2n) is 7.67. The molecule has 0 spiro atoms. The summed E-state index contributed by atoms with van der Waals surface area (Å²) < 4.78 is 0. The highest BCUT2D eigenvalue weighted by Gasteiger charge is 2.27. The lowest BCUT2D eigenvalue weighted by molar-refractivity contribution is 0.149. The van der Waals surface area contributed by atoms with Gasteiger partial charge in [0.15, 0.2) is 5.96 Å². The van der Waals surface area contributed by atoms with Gasteiger partial charge in [-0.1, -0.05) is 60.7 Å². The van der Waals surface area contributed by atoms with Gasteiger partial charge in [0.25, 0.3) is 5.95 Å². The molecule has 1 aliphatic rings. The Balaban J connectivity index is 1.50. The van der Waals surface area contributed by atoms with Crippen LogP contribution in [-0.4, -0.2) is 51.9 Å². The summed E-state index contributed by atoms with van der Waals surface area (Å²) in [6.07, 6.45) is 0. The molecule has 4 rings (SSSR count). The number of nitrogens with zero attached hydrogens (tertiary/aromatic N) is 5. The molecule has 30 heavy (non-hydrogen) atoms. The first-order chi connectivity index (χ1) is 14.6. The predicted octanol–water partition coefficient (Wildman–Crippen LogP) is 3.45.